The van der Waals surface area contributed by atoms with E-state index in [9.17, 15) is 23.4 Å². The van der Waals surface area contributed by atoms with Gasteiger partial charge < -0.3 is 20.3 Å². The van der Waals surface area contributed by atoms with Gasteiger partial charge in [0, 0.05) is 6.54 Å². The van der Waals surface area contributed by atoms with E-state index in [0.29, 0.717) is 13.0 Å². The van der Waals surface area contributed by atoms with Crippen molar-refractivity contribution in [3.05, 3.63) is 65.7 Å². The predicted molar refractivity (Wildman–Crippen MR) is 91.8 cm³/mol. The van der Waals surface area contributed by atoms with Crippen molar-refractivity contribution in [2.24, 2.45) is 0 Å². The summed E-state index contributed by atoms with van der Waals surface area (Å²) in [5, 5.41) is 22.8. The van der Waals surface area contributed by atoms with E-state index in [2.05, 4.69) is 5.32 Å². The third kappa shape index (κ3) is 6.67. The van der Waals surface area contributed by atoms with Crippen LogP contribution in [0.4, 0.5) is 13.2 Å². The molecular weight excluding hydrogens is 347 g/mol. The zero-order valence-corrected chi connectivity index (χ0v) is 14.1. The fourth-order valence-corrected chi connectivity index (χ4v) is 2.36. The molecule has 26 heavy (non-hydrogen) atoms. The number of nitrogens with one attached hydrogen (secondary N) is 1. The first-order valence-electron chi connectivity index (χ1n) is 8.28. The van der Waals surface area contributed by atoms with Gasteiger partial charge in [0.25, 0.3) is 0 Å². The summed E-state index contributed by atoms with van der Waals surface area (Å²) in [4.78, 5) is 0. The largest absolute Gasteiger partial charge is 0.491 e. The Bertz CT molecular complexity index is 665. The molecule has 0 aromatic heterocycles. The van der Waals surface area contributed by atoms with Crippen LogP contribution in [0.25, 0.3) is 0 Å². The number of rotatable bonds is 9. The van der Waals surface area contributed by atoms with Crippen LogP contribution in [0.15, 0.2) is 54.6 Å². The summed E-state index contributed by atoms with van der Waals surface area (Å²) in [6.07, 6.45) is -5.43. The first kappa shape index (κ1) is 20.2. The Morgan fingerprint density at radius 2 is 1.73 bits per heavy atom. The molecule has 2 unspecified atom stereocenters. The molecule has 0 spiro atoms. The van der Waals surface area contributed by atoms with E-state index in [4.69, 9.17) is 4.74 Å². The summed E-state index contributed by atoms with van der Waals surface area (Å²) < 4.78 is 43.1. The molecule has 0 saturated heterocycles. The van der Waals surface area contributed by atoms with Crippen molar-refractivity contribution in [1.29, 1.82) is 0 Å². The molecule has 2 rings (SSSR count). The van der Waals surface area contributed by atoms with E-state index in [1.54, 1.807) is 0 Å². The van der Waals surface area contributed by atoms with E-state index in [-0.39, 0.29) is 18.9 Å². The van der Waals surface area contributed by atoms with Crippen LogP contribution in [0.5, 0.6) is 5.75 Å². The van der Waals surface area contributed by atoms with E-state index in [0.717, 1.165) is 17.7 Å². The summed E-state index contributed by atoms with van der Waals surface area (Å²) in [6.45, 7) is 0.562. The highest BCUT2D eigenvalue weighted by molar-refractivity contribution is 5.30. The molecule has 0 radical (unpaired) electrons. The maximum absolute atomic E-state index is 12.6. The highest BCUT2D eigenvalue weighted by Gasteiger charge is 2.30. The minimum atomic E-state index is -4.43. The quantitative estimate of drug-likeness (QED) is 0.594. The first-order chi connectivity index (χ1) is 12.4. The number of halogens is 3. The summed E-state index contributed by atoms with van der Waals surface area (Å²) in [5.74, 6) is 0.0541. The van der Waals surface area contributed by atoms with E-state index in [1.807, 2.05) is 30.3 Å². The van der Waals surface area contributed by atoms with Crippen LogP contribution < -0.4 is 10.1 Å². The Morgan fingerprint density at radius 1 is 1.00 bits per heavy atom. The second-order valence-electron chi connectivity index (χ2n) is 5.91. The molecule has 7 heteroatoms. The van der Waals surface area contributed by atoms with Gasteiger partial charge in [-0.3, -0.25) is 0 Å². The first-order valence-corrected chi connectivity index (χ1v) is 8.28. The highest BCUT2D eigenvalue weighted by Crippen LogP contribution is 2.31. The maximum atomic E-state index is 12.6. The van der Waals surface area contributed by atoms with Gasteiger partial charge in [-0.15, -0.1) is 0 Å². The predicted octanol–water partition coefficient (Wildman–Crippen LogP) is 3.16. The third-order valence-electron chi connectivity index (χ3n) is 3.76. The van der Waals surface area contributed by atoms with Crippen LogP contribution >= 0.6 is 0 Å². The summed E-state index contributed by atoms with van der Waals surface area (Å²) in [6, 6.07) is 13.8. The standard InChI is InChI=1S/C19H22F3NO3/c20-19(21,22)15-7-4-8-17(11-15)26-13-16(24)12-23-10-9-18(25)14-5-2-1-3-6-14/h1-8,11,16,18,23-25H,9-10,12-13H2. The van der Waals surface area contributed by atoms with Gasteiger partial charge in [-0.25, -0.2) is 0 Å². The van der Waals surface area contributed by atoms with Crippen molar-refractivity contribution in [2.75, 3.05) is 19.7 Å². The van der Waals surface area contributed by atoms with Crippen molar-refractivity contribution >= 4 is 0 Å². The van der Waals surface area contributed by atoms with E-state index < -0.39 is 23.9 Å². The fourth-order valence-electron chi connectivity index (χ4n) is 2.36. The Hall–Kier alpha value is -2.09. The highest BCUT2D eigenvalue weighted by atomic mass is 19.4. The fraction of sp³-hybridized carbons (Fsp3) is 0.368. The van der Waals surface area contributed by atoms with Crippen molar-refractivity contribution in [3.63, 3.8) is 0 Å². The second-order valence-corrected chi connectivity index (χ2v) is 5.91. The minimum absolute atomic E-state index is 0.0541. The molecule has 2 aromatic carbocycles. The van der Waals surface area contributed by atoms with E-state index in [1.165, 1.54) is 12.1 Å². The zero-order chi connectivity index (χ0) is 19.0. The molecule has 0 heterocycles. The number of hydrogen-bond donors (Lipinski definition) is 3. The Morgan fingerprint density at radius 3 is 2.42 bits per heavy atom. The number of alkyl halides is 3. The van der Waals surface area contributed by atoms with Crippen LogP contribution in [-0.2, 0) is 6.18 Å². The van der Waals surface area contributed by atoms with Gasteiger partial charge in [-0.05, 0) is 36.7 Å². The van der Waals surface area contributed by atoms with Crippen molar-refractivity contribution < 1.29 is 28.1 Å². The molecule has 0 aliphatic carbocycles. The number of aliphatic hydroxyl groups excluding tert-OH is 2. The molecule has 3 N–H and O–H groups in total. The van der Waals surface area contributed by atoms with Gasteiger partial charge in [-0.1, -0.05) is 36.4 Å². The summed E-state index contributed by atoms with van der Waals surface area (Å²) in [7, 11) is 0. The molecule has 4 nitrogen and oxygen atoms in total. The molecule has 0 aliphatic rings. The maximum Gasteiger partial charge on any atom is 0.416 e. The van der Waals surface area contributed by atoms with Crippen LogP contribution in [0.1, 0.15) is 23.7 Å². The molecule has 0 saturated carbocycles. The average Bonchev–Trinajstić information content (AvgIpc) is 2.63. The van der Waals surface area contributed by atoms with Gasteiger partial charge in [0.15, 0.2) is 0 Å². The summed E-state index contributed by atoms with van der Waals surface area (Å²) >= 11 is 0. The van der Waals surface area contributed by atoms with Gasteiger partial charge >= 0.3 is 6.18 Å². The number of hydrogen-bond acceptors (Lipinski definition) is 4. The Labute approximate surface area is 150 Å². The lowest BCUT2D eigenvalue weighted by Crippen LogP contribution is -2.32. The monoisotopic (exact) mass is 369 g/mol. The molecular formula is C19H22F3NO3. The lowest BCUT2D eigenvalue weighted by molar-refractivity contribution is -0.137. The molecule has 0 aliphatic heterocycles. The van der Waals surface area contributed by atoms with Crippen LogP contribution in [0.3, 0.4) is 0 Å². The smallest absolute Gasteiger partial charge is 0.416 e. The normalized spacial score (nSPS) is 14.0. The Balaban J connectivity index is 1.67. The molecule has 142 valence electrons. The van der Waals surface area contributed by atoms with Gasteiger partial charge in [-0.2, -0.15) is 13.2 Å². The number of benzene rings is 2. The number of ether oxygens (including phenoxy) is 1. The molecule has 0 bridgehead atoms. The lowest BCUT2D eigenvalue weighted by Gasteiger charge is -2.15. The topological polar surface area (TPSA) is 61.7 Å². The average molecular weight is 369 g/mol. The van der Waals surface area contributed by atoms with Crippen LogP contribution in [0, 0.1) is 0 Å². The Kier molecular flexibility index (Phi) is 7.44. The molecule has 2 atom stereocenters. The SMILES string of the molecule is OC(CNCCC(O)c1ccccc1)COc1cccc(C(F)(F)F)c1. The van der Waals surface area contributed by atoms with Crippen molar-refractivity contribution in [3.8, 4) is 5.75 Å². The molecule has 0 fully saturated rings. The number of aliphatic hydroxyl groups is 2. The molecule has 0 amide bonds. The van der Waals surface area contributed by atoms with Crippen molar-refractivity contribution in [2.45, 2.75) is 24.8 Å². The van der Waals surface area contributed by atoms with Crippen LogP contribution in [-0.4, -0.2) is 36.0 Å². The summed E-state index contributed by atoms with van der Waals surface area (Å²) in [5.41, 5.74) is 0.0280. The second kappa shape index (κ2) is 9.56. The van der Waals surface area contributed by atoms with Gasteiger partial charge in [0.1, 0.15) is 18.5 Å². The third-order valence-corrected chi connectivity index (χ3v) is 3.76. The van der Waals surface area contributed by atoms with Crippen LogP contribution in [0.2, 0.25) is 0 Å². The van der Waals surface area contributed by atoms with Gasteiger partial charge in [0.05, 0.1) is 11.7 Å². The van der Waals surface area contributed by atoms with Crippen molar-refractivity contribution in [1.82, 2.24) is 5.32 Å². The molecule has 2 aromatic rings. The minimum Gasteiger partial charge on any atom is -0.491 e. The zero-order valence-electron chi connectivity index (χ0n) is 14.1. The van der Waals surface area contributed by atoms with E-state index >= 15 is 0 Å². The van der Waals surface area contributed by atoms with Gasteiger partial charge in [0.2, 0.25) is 0 Å². The lowest BCUT2D eigenvalue weighted by atomic mass is 10.1.